The highest BCUT2D eigenvalue weighted by Crippen LogP contribution is 2.30. The second-order valence-electron chi connectivity index (χ2n) is 9.12. The predicted molar refractivity (Wildman–Crippen MR) is 116 cm³/mol. The van der Waals surface area contributed by atoms with Gasteiger partial charge in [0.15, 0.2) is 0 Å². The Morgan fingerprint density at radius 3 is 2.38 bits per heavy atom. The zero-order valence-electron chi connectivity index (χ0n) is 18.0. The van der Waals surface area contributed by atoms with E-state index in [9.17, 15) is 4.39 Å². The van der Waals surface area contributed by atoms with Crippen molar-refractivity contribution in [1.29, 1.82) is 0 Å². The fraction of sp³-hybridized carbons (Fsp3) is 0.571. The summed E-state index contributed by atoms with van der Waals surface area (Å²) in [6.45, 7) is 13.4. The van der Waals surface area contributed by atoms with Crippen LogP contribution in [0.1, 0.15) is 69.2 Å². The summed E-state index contributed by atoms with van der Waals surface area (Å²) in [4.78, 5) is 14.8. The van der Waals surface area contributed by atoms with E-state index in [2.05, 4.69) is 56.1 Å². The van der Waals surface area contributed by atoms with Gasteiger partial charge >= 0.3 is 0 Å². The second-order valence-corrected chi connectivity index (χ2v) is 10.9. The molecule has 0 aliphatic rings. The summed E-state index contributed by atoms with van der Waals surface area (Å²) in [6.07, 6.45) is 4.19. The van der Waals surface area contributed by atoms with Crippen LogP contribution in [0.2, 0.25) is 0 Å². The average molecular weight is 437 g/mol. The van der Waals surface area contributed by atoms with Crippen LogP contribution in [-0.2, 0) is 30.4 Å². The van der Waals surface area contributed by atoms with Gasteiger partial charge in [-0.3, -0.25) is 0 Å². The lowest BCUT2D eigenvalue weighted by Crippen LogP contribution is -2.23. The van der Waals surface area contributed by atoms with E-state index in [-0.39, 0.29) is 16.9 Å². The number of aryl methyl sites for hydroxylation is 2. The lowest BCUT2D eigenvalue weighted by atomic mass is 9.93. The van der Waals surface area contributed by atoms with Crippen LogP contribution in [0.15, 0.2) is 17.2 Å². The first-order valence-corrected chi connectivity index (χ1v) is 11.5. The zero-order valence-corrected chi connectivity index (χ0v) is 19.6. The number of ether oxygens (including phenoxy) is 1. The van der Waals surface area contributed by atoms with E-state index in [1.807, 2.05) is 11.7 Å². The normalized spacial score (nSPS) is 12.5. The van der Waals surface area contributed by atoms with Gasteiger partial charge in [0, 0.05) is 16.8 Å². The van der Waals surface area contributed by atoms with Gasteiger partial charge in [-0.15, -0.1) is 22.7 Å². The molecule has 0 aliphatic heterocycles. The van der Waals surface area contributed by atoms with Crippen molar-refractivity contribution in [1.82, 2.24) is 19.5 Å². The van der Waals surface area contributed by atoms with Crippen LogP contribution in [-0.4, -0.2) is 19.5 Å². The Bertz CT molecular complexity index is 947. The molecule has 0 aliphatic carbocycles. The molecule has 0 N–H and O–H groups in total. The van der Waals surface area contributed by atoms with Crippen molar-refractivity contribution in [2.45, 2.75) is 78.4 Å². The van der Waals surface area contributed by atoms with Crippen molar-refractivity contribution in [2.75, 3.05) is 0 Å². The fourth-order valence-corrected chi connectivity index (χ4v) is 4.74. The predicted octanol–water partition coefficient (Wildman–Crippen LogP) is 5.74. The maximum absolute atomic E-state index is 13.6. The van der Waals surface area contributed by atoms with E-state index >= 15 is 0 Å². The van der Waals surface area contributed by atoms with Crippen LogP contribution in [0.3, 0.4) is 0 Å². The number of halogens is 1. The monoisotopic (exact) mass is 436 g/mol. The molecule has 8 heteroatoms. The average Bonchev–Trinajstić information content (AvgIpc) is 3.32. The van der Waals surface area contributed by atoms with Crippen molar-refractivity contribution < 1.29 is 9.13 Å². The van der Waals surface area contributed by atoms with Crippen molar-refractivity contribution >= 4 is 22.7 Å². The summed E-state index contributed by atoms with van der Waals surface area (Å²) in [5.74, 6) is 1.20. The van der Waals surface area contributed by atoms with Crippen LogP contribution >= 0.6 is 22.7 Å². The molecule has 3 heterocycles. The van der Waals surface area contributed by atoms with Crippen LogP contribution in [0, 0.1) is 5.95 Å². The molecule has 3 aromatic heterocycles. The third-order valence-electron chi connectivity index (χ3n) is 4.55. The molecule has 0 atom stereocenters. The lowest BCUT2D eigenvalue weighted by Gasteiger charge is -2.23. The molecule has 158 valence electrons. The summed E-state index contributed by atoms with van der Waals surface area (Å²) in [5.41, 5.74) is 4.32. The fourth-order valence-electron chi connectivity index (χ4n) is 3.17. The molecule has 0 radical (unpaired) electrons. The molecule has 0 saturated heterocycles. The van der Waals surface area contributed by atoms with E-state index in [1.54, 1.807) is 16.8 Å². The lowest BCUT2D eigenvalue weighted by molar-refractivity contribution is 0.286. The molecule has 0 fully saturated rings. The smallest absolute Gasteiger partial charge is 0.232 e. The summed E-state index contributed by atoms with van der Waals surface area (Å²) >= 11 is 3.03. The number of nitrogens with zero attached hydrogens (tertiary/aromatic N) is 4. The minimum atomic E-state index is -0.351. The Hall–Kier alpha value is -1.80. The van der Waals surface area contributed by atoms with Gasteiger partial charge in [-0.1, -0.05) is 20.8 Å². The van der Waals surface area contributed by atoms with Crippen LogP contribution in [0.4, 0.5) is 4.39 Å². The molecule has 0 saturated carbocycles. The van der Waals surface area contributed by atoms with Gasteiger partial charge in [0.05, 0.1) is 27.8 Å². The van der Waals surface area contributed by atoms with Crippen LogP contribution in [0.5, 0.6) is 5.88 Å². The Morgan fingerprint density at radius 2 is 1.76 bits per heavy atom. The molecule has 0 unspecified atom stereocenters. The molecule has 5 nitrogen and oxygen atoms in total. The Labute approximate surface area is 180 Å². The zero-order chi connectivity index (χ0) is 21.2. The van der Waals surface area contributed by atoms with Crippen LogP contribution in [0.25, 0.3) is 0 Å². The molecule has 0 spiro atoms. The topological polar surface area (TPSA) is 52.8 Å². The number of hydrogen-bond donors (Lipinski definition) is 0. The minimum absolute atomic E-state index is 0.0434. The first-order valence-electron chi connectivity index (χ1n) is 9.78. The molecule has 29 heavy (non-hydrogen) atoms. The highest BCUT2D eigenvalue weighted by molar-refractivity contribution is 7.10. The van der Waals surface area contributed by atoms with Gasteiger partial charge in [-0.25, -0.2) is 9.97 Å². The largest absolute Gasteiger partial charge is 0.470 e. The Morgan fingerprint density at radius 1 is 1.03 bits per heavy atom. The first kappa shape index (κ1) is 21.9. The van der Waals surface area contributed by atoms with E-state index in [4.69, 9.17) is 9.72 Å². The van der Waals surface area contributed by atoms with Gasteiger partial charge in [-0.05, 0) is 39.0 Å². The second kappa shape index (κ2) is 8.52. The van der Waals surface area contributed by atoms with Gasteiger partial charge in [0.25, 0.3) is 0 Å². The first-order chi connectivity index (χ1) is 13.6. The number of imidazole rings is 1. The summed E-state index contributed by atoms with van der Waals surface area (Å²) in [5, 5.41) is 0. The standard InChI is InChI=1S/C21H29FN4OS2/c1-20(2,3)18-14(23-12-29-18)11-27-17-10-26(21(4,5)6)16(25-17)9-7-8-15-19(22)24-13-28-15/h10,12-13H,7-9,11H2,1-6H3. The highest BCUT2D eigenvalue weighted by Gasteiger charge is 2.23. The number of hydrogen-bond acceptors (Lipinski definition) is 6. The molecule has 0 amide bonds. The number of rotatable bonds is 7. The number of thiazole rings is 2. The Balaban J connectivity index is 1.70. The quantitative estimate of drug-likeness (QED) is 0.474. The molecule has 3 aromatic rings. The Kier molecular flexibility index (Phi) is 6.43. The maximum Gasteiger partial charge on any atom is 0.232 e. The maximum atomic E-state index is 13.6. The third kappa shape index (κ3) is 5.42. The highest BCUT2D eigenvalue weighted by atomic mass is 32.1. The molecule has 3 rings (SSSR count). The molecular weight excluding hydrogens is 407 g/mol. The summed E-state index contributed by atoms with van der Waals surface area (Å²) < 4.78 is 21.7. The van der Waals surface area contributed by atoms with Crippen LogP contribution < -0.4 is 4.74 Å². The van der Waals surface area contributed by atoms with Gasteiger partial charge in [0.2, 0.25) is 11.8 Å². The van der Waals surface area contributed by atoms with Gasteiger partial charge < -0.3 is 9.30 Å². The summed E-state index contributed by atoms with van der Waals surface area (Å²) in [6, 6.07) is 0. The van der Waals surface area contributed by atoms with E-state index in [0.717, 1.165) is 24.4 Å². The molecule has 0 aromatic carbocycles. The number of aromatic nitrogens is 4. The van der Waals surface area contributed by atoms with Crippen molar-refractivity contribution in [3.05, 3.63) is 44.4 Å². The van der Waals surface area contributed by atoms with E-state index < -0.39 is 0 Å². The van der Waals surface area contributed by atoms with Crippen molar-refractivity contribution in [3.63, 3.8) is 0 Å². The molecule has 0 bridgehead atoms. The van der Waals surface area contributed by atoms with Crippen molar-refractivity contribution in [3.8, 4) is 5.88 Å². The molecular formula is C21H29FN4OS2. The van der Waals surface area contributed by atoms with Crippen molar-refractivity contribution in [2.24, 2.45) is 0 Å². The van der Waals surface area contributed by atoms with Gasteiger partial charge in [-0.2, -0.15) is 9.37 Å². The van der Waals surface area contributed by atoms with E-state index in [1.165, 1.54) is 16.2 Å². The SMILES string of the molecule is CC(C)(C)c1scnc1COc1cn(C(C)(C)C)c(CCCc2scnc2F)n1. The summed E-state index contributed by atoms with van der Waals surface area (Å²) in [7, 11) is 0. The minimum Gasteiger partial charge on any atom is -0.470 e. The third-order valence-corrected chi connectivity index (χ3v) is 6.72. The van der Waals surface area contributed by atoms with Gasteiger partial charge in [0.1, 0.15) is 12.4 Å². The van der Waals surface area contributed by atoms with E-state index in [0.29, 0.717) is 23.8 Å².